The maximum Gasteiger partial charge on any atom is 0.573 e. The van der Waals surface area contributed by atoms with E-state index in [2.05, 4.69) is 10.1 Å². The Balaban J connectivity index is 2.65. The van der Waals surface area contributed by atoms with Crippen LogP contribution in [0.3, 0.4) is 0 Å². The number of halogens is 3. The highest BCUT2D eigenvalue weighted by molar-refractivity contribution is 7.90. The van der Waals surface area contributed by atoms with Crippen molar-refractivity contribution >= 4 is 9.84 Å². The highest BCUT2D eigenvalue weighted by Crippen LogP contribution is 2.25. The largest absolute Gasteiger partial charge is 0.573 e. The molecule has 21 heavy (non-hydrogen) atoms. The monoisotopic (exact) mass is 325 g/mol. The summed E-state index contributed by atoms with van der Waals surface area (Å²) in [5.74, 6) is -0.197. The van der Waals surface area contributed by atoms with Gasteiger partial charge in [0, 0.05) is 18.1 Å². The van der Waals surface area contributed by atoms with Crippen LogP contribution in [0.15, 0.2) is 24.3 Å². The summed E-state index contributed by atoms with van der Waals surface area (Å²) in [5.41, 5.74) is 0.778. The minimum Gasteiger partial charge on any atom is -0.406 e. The van der Waals surface area contributed by atoms with Crippen LogP contribution in [0.1, 0.15) is 24.4 Å². The molecule has 1 unspecified atom stereocenters. The molecule has 8 heteroatoms. The van der Waals surface area contributed by atoms with Crippen molar-refractivity contribution in [3.8, 4) is 5.75 Å². The molecule has 0 saturated heterocycles. The number of nitrogens with one attached hydrogen (secondary N) is 1. The molecule has 0 fully saturated rings. The zero-order chi connectivity index (χ0) is 16.1. The molecule has 0 aliphatic carbocycles. The van der Waals surface area contributed by atoms with Crippen molar-refractivity contribution in [2.45, 2.75) is 25.2 Å². The molecule has 120 valence electrons. The van der Waals surface area contributed by atoms with Gasteiger partial charge in [-0.2, -0.15) is 0 Å². The van der Waals surface area contributed by atoms with Crippen LogP contribution in [0.25, 0.3) is 0 Å². The third kappa shape index (κ3) is 7.33. The number of alkyl halides is 3. The van der Waals surface area contributed by atoms with Gasteiger partial charge >= 0.3 is 6.36 Å². The van der Waals surface area contributed by atoms with Crippen molar-refractivity contribution in [1.82, 2.24) is 5.32 Å². The fourth-order valence-electron chi connectivity index (χ4n) is 1.93. The lowest BCUT2D eigenvalue weighted by atomic mass is 10.0. The molecule has 1 aromatic rings. The van der Waals surface area contributed by atoms with Crippen LogP contribution in [0.5, 0.6) is 5.75 Å². The SMILES string of the molecule is CNC(CCCS(C)(=O)=O)c1ccc(OC(F)(F)F)cc1. The number of benzene rings is 1. The van der Waals surface area contributed by atoms with E-state index in [0.717, 1.165) is 5.56 Å². The van der Waals surface area contributed by atoms with E-state index >= 15 is 0 Å². The molecule has 0 amide bonds. The number of hydrogen-bond donors (Lipinski definition) is 1. The van der Waals surface area contributed by atoms with Crippen molar-refractivity contribution in [2.24, 2.45) is 0 Å². The molecule has 1 N–H and O–H groups in total. The number of rotatable bonds is 7. The van der Waals surface area contributed by atoms with Crippen LogP contribution in [0.4, 0.5) is 13.2 Å². The van der Waals surface area contributed by atoms with Crippen LogP contribution in [0, 0.1) is 0 Å². The van der Waals surface area contributed by atoms with Crippen molar-refractivity contribution in [3.05, 3.63) is 29.8 Å². The first-order valence-electron chi connectivity index (χ1n) is 6.31. The van der Waals surface area contributed by atoms with E-state index in [9.17, 15) is 21.6 Å². The van der Waals surface area contributed by atoms with E-state index in [4.69, 9.17) is 0 Å². The van der Waals surface area contributed by atoms with Crippen LogP contribution in [0.2, 0.25) is 0 Å². The molecule has 0 heterocycles. The van der Waals surface area contributed by atoms with Crippen molar-refractivity contribution in [2.75, 3.05) is 19.1 Å². The molecular weight excluding hydrogens is 307 g/mol. The molecule has 0 saturated carbocycles. The first-order chi connectivity index (χ1) is 9.61. The minimum atomic E-state index is -4.71. The van der Waals surface area contributed by atoms with Crippen LogP contribution < -0.4 is 10.1 Å². The molecule has 0 spiro atoms. The molecule has 1 atom stereocenters. The average Bonchev–Trinajstić information content (AvgIpc) is 2.33. The zero-order valence-corrected chi connectivity index (χ0v) is 12.6. The molecule has 0 radical (unpaired) electrons. The van der Waals surface area contributed by atoms with Gasteiger partial charge in [0.25, 0.3) is 0 Å². The van der Waals surface area contributed by atoms with E-state index in [-0.39, 0.29) is 17.5 Å². The Bertz CT molecular complexity index is 541. The fourth-order valence-corrected chi connectivity index (χ4v) is 2.62. The maximum atomic E-state index is 12.1. The van der Waals surface area contributed by atoms with Crippen LogP contribution >= 0.6 is 0 Å². The summed E-state index contributed by atoms with van der Waals surface area (Å²) in [4.78, 5) is 0. The van der Waals surface area contributed by atoms with Crippen molar-refractivity contribution in [1.29, 1.82) is 0 Å². The summed E-state index contributed by atoms with van der Waals surface area (Å²) in [5, 5.41) is 3.01. The Labute approximate surface area is 122 Å². The summed E-state index contributed by atoms with van der Waals surface area (Å²) in [7, 11) is -1.30. The Morgan fingerprint density at radius 2 is 1.81 bits per heavy atom. The Morgan fingerprint density at radius 1 is 1.24 bits per heavy atom. The average molecular weight is 325 g/mol. The van der Waals surface area contributed by atoms with E-state index in [0.29, 0.717) is 12.8 Å². The van der Waals surface area contributed by atoms with Crippen molar-refractivity contribution in [3.63, 3.8) is 0 Å². The minimum absolute atomic E-state index is 0.0838. The second-order valence-electron chi connectivity index (χ2n) is 4.73. The highest BCUT2D eigenvalue weighted by Gasteiger charge is 2.31. The number of hydrogen-bond acceptors (Lipinski definition) is 4. The second-order valence-corrected chi connectivity index (χ2v) is 6.99. The van der Waals surface area contributed by atoms with Gasteiger partial charge in [-0.15, -0.1) is 13.2 Å². The van der Waals surface area contributed by atoms with Crippen LogP contribution in [-0.2, 0) is 9.84 Å². The van der Waals surface area contributed by atoms with Gasteiger partial charge in [-0.25, -0.2) is 8.42 Å². The molecular formula is C13H18F3NO3S. The molecule has 4 nitrogen and oxygen atoms in total. The quantitative estimate of drug-likeness (QED) is 0.837. The molecule has 1 rings (SSSR count). The lowest BCUT2D eigenvalue weighted by molar-refractivity contribution is -0.274. The lowest BCUT2D eigenvalue weighted by Gasteiger charge is -2.17. The number of sulfone groups is 1. The summed E-state index contributed by atoms with van der Waals surface area (Å²) in [6.45, 7) is 0. The molecule has 0 bridgehead atoms. The van der Waals surface area contributed by atoms with Crippen molar-refractivity contribution < 1.29 is 26.3 Å². The summed E-state index contributed by atoms with van der Waals surface area (Å²) in [6.07, 6.45) is -2.49. The maximum absolute atomic E-state index is 12.1. The first kappa shape index (κ1) is 17.8. The third-order valence-corrected chi connectivity index (χ3v) is 3.90. The molecule has 0 aromatic heterocycles. The Morgan fingerprint density at radius 3 is 2.24 bits per heavy atom. The Kier molecular flexibility index (Phi) is 6.03. The predicted molar refractivity (Wildman–Crippen MR) is 73.9 cm³/mol. The highest BCUT2D eigenvalue weighted by atomic mass is 32.2. The van der Waals surface area contributed by atoms with Gasteiger partial charge in [0.15, 0.2) is 0 Å². The normalized spacial score (nSPS) is 14.0. The topological polar surface area (TPSA) is 55.4 Å². The zero-order valence-electron chi connectivity index (χ0n) is 11.8. The predicted octanol–water partition coefficient (Wildman–Crippen LogP) is 2.67. The molecule has 0 aliphatic heterocycles. The van der Waals surface area contributed by atoms with Crippen LogP contribution in [-0.4, -0.2) is 33.8 Å². The molecule has 1 aromatic carbocycles. The third-order valence-electron chi connectivity index (χ3n) is 2.87. The molecule has 0 aliphatic rings. The van der Waals surface area contributed by atoms with Gasteiger partial charge in [-0.05, 0) is 37.6 Å². The Hall–Kier alpha value is -1.28. The smallest absolute Gasteiger partial charge is 0.406 e. The lowest BCUT2D eigenvalue weighted by Crippen LogP contribution is -2.18. The summed E-state index contributed by atoms with van der Waals surface area (Å²) in [6, 6.07) is 5.42. The first-order valence-corrected chi connectivity index (χ1v) is 8.37. The number of ether oxygens (including phenoxy) is 1. The van der Waals surface area contributed by atoms with Gasteiger partial charge in [-0.3, -0.25) is 0 Å². The van der Waals surface area contributed by atoms with E-state index in [1.807, 2.05) is 0 Å². The van der Waals surface area contributed by atoms with Gasteiger partial charge < -0.3 is 10.1 Å². The fraction of sp³-hybridized carbons (Fsp3) is 0.538. The van der Waals surface area contributed by atoms with E-state index in [1.165, 1.54) is 30.5 Å². The van der Waals surface area contributed by atoms with E-state index in [1.54, 1.807) is 7.05 Å². The second kappa shape index (κ2) is 7.13. The van der Waals surface area contributed by atoms with Gasteiger partial charge in [0.05, 0.1) is 0 Å². The summed E-state index contributed by atoms with van der Waals surface area (Å²) >= 11 is 0. The van der Waals surface area contributed by atoms with Gasteiger partial charge in [0.2, 0.25) is 0 Å². The van der Waals surface area contributed by atoms with Gasteiger partial charge in [-0.1, -0.05) is 12.1 Å². The standard InChI is InChI=1S/C13H18F3NO3S/c1-17-12(4-3-9-21(2,18)19)10-5-7-11(8-6-10)20-13(14,15)16/h5-8,12,17H,3-4,9H2,1-2H3. The van der Waals surface area contributed by atoms with E-state index < -0.39 is 16.2 Å². The summed E-state index contributed by atoms with van der Waals surface area (Å²) < 4.78 is 62.1. The van der Waals surface area contributed by atoms with Gasteiger partial charge in [0.1, 0.15) is 15.6 Å².